The average molecular weight is 443 g/mol. The van der Waals surface area contributed by atoms with Crippen LogP contribution < -0.4 is 10.1 Å². The summed E-state index contributed by atoms with van der Waals surface area (Å²) in [6.07, 6.45) is -1.15. The maximum absolute atomic E-state index is 14.1. The first-order valence-corrected chi connectivity index (χ1v) is 9.47. The third-order valence-corrected chi connectivity index (χ3v) is 5.00. The van der Waals surface area contributed by atoms with Gasteiger partial charge in [0.2, 0.25) is 5.95 Å². The fourth-order valence-corrected chi connectivity index (χ4v) is 3.23. The fourth-order valence-electron chi connectivity index (χ4n) is 3.23. The van der Waals surface area contributed by atoms with Crippen LogP contribution in [0.1, 0.15) is 5.56 Å². The predicted octanol–water partition coefficient (Wildman–Crippen LogP) is 5.09. The standard InChI is InChI=1S/C22H17F4N5O/c1-30-8-7-16(10-14(30)12-27)32-15-4-6-20-19(11-15)29-21(31(20)2)28-18-9-13(22(24,25)26)3-5-17(18)23/h3-7,9-11H,8H2,1-2H3,(H,28,29). The first kappa shape index (κ1) is 21.2. The minimum Gasteiger partial charge on any atom is -0.457 e. The Morgan fingerprint density at radius 2 is 1.94 bits per heavy atom. The summed E-state index contributed by atoms with van der Waals surface area (Å²) in [5, 5.41) is 11.8. The number of benzene rings is 2. The van der Waals surface area contributed by atoms with Gasteiger partial charge in [-0.1, -0.05) is 0 Å². The number of imidazole rings is 1. The van der Waals surface area contributed by atoms with Crippen molar-refractivity contribution in [1.82, 2.24) is 14.5 Å². The number of likely N-dealkylation sites (N-methyl/N-ethyl adjacent to an activating group) is 1. The number of rotatable bonds is 4. The van der Waals surface area contributed by atoms with Crippen molar-refractivity contribution in [2.75, 3.05) is 18.9 Å². The average Bonchev–Trinajstić information content (AvgIpc) is 3.05. The van der Waals surface area contributed by atoms with Gasteiger partial charge in [-0.3, -0.25) is 0 Å². The van der Waals surface area contributed by atoms with Crippen LogP contribution in [-0.2, 0) is 13.2 Å². The SMILES string of the molecule is CN1CC=C(Oc2ccc3c(c2)nc(Nc2cc(C(F)(F)F)ccc2F)n3C)C=C1C#N. The number of allylic oxidation sites excluding steroid dienone is 2. The van der Waals surface area contributed by atoms with Crippen LogP contribution in [-0.4, -0.2) is 28.0 Å². The van der Waals surface area contributed by atoms with Gasteiger partial charge in [-0.15, -0.1) is 0 Å². The van der Waals surface area contributed by atoms with Gasteiger partial charge in [0.05, 0.1) is 22.3 Å². The zero-order chi connectivity index (χ0) is 23.0. The number of aromatic nitrogens is 2. The Morgan fingerprint density at radius 3 is 2.66 bits per heavy atom. The Bertz CT molecular complexity index is 1300. The van der Waals surface area contributed by atoms with Gasteiger partial charge in [0.15, 0.2) is 0 Å². The number of fused-ring (bicyclic) bond motifs is 1. The molecular formula is C22H17F4N5O. The van der Waals surface area contributed by atoms with Gasteiger partial charge in [-0.25, -0.2) is 9.37 Å². The van der Waals surface area contributed by atoms with Gasteiger partial charge < -0.3 is 19.5 Å². The Balaban J connectivity index is 1.62. The highest BCUT2D eigenvalue weighted by Crippen LogP contribution is 2.33. The second-order valence-corrected chi connectivity index (χ2v) is 7.19. The van der Waals surface area contributed by atoms with Crippen molar-refractivity contribution in [3.05, 3.63) is 71.4 Å². The van der Waals surface area contributed by atoms with Crippen LogP contribution >= 0.6 is 0 Å². The van der Waals surface area contributed by atoms with E-state index < -0.39 is 17.6 Å². The van der Waals surface area contributed by atoms with Crippen LogP contribution in [0.3, 0.4) is 0 Å². The van der Waals surface area contributed by atoms with E-state index in [1.807, 2.05) is 6.08 Å². The van der Waals surface area contributed by atoms with E-state index in [1.165, 1.54) is 0 Å². The number of nitrogens with zero attached hydrogens (tertiary/aromatic N) is 4. The highest BCUT2D eigenvalue weighted by Gasteiger charge is 2.31. The summed E-state index contributed by atoms with van der Waals surface area (Å²) in [5.74, 6) is 0.319. The van der Waals surface area contributed by atoms with Crippen LogP contribution in [0.25, 0.3) is 11.0 Å². The molecule has 2 heterocycles. The Kier molecular flexibility index (Phi) is 5.26. The van der Waals surface area contributed by atoms with E-state index in [-0.39, 0.29) is 11.6 Å². The smallest absolute Gasteiger partial charge is 0.416 e. The summed E-state index contributed by atoms with van der Waals surface area (Å²) in [4.78, 5) is 6.14. The lowest BCUT2D eigenvalue weighted by molar-refractivity contribution is -0.137. The molecule has 4 rings (SSSR count). The quantitative estimate of drug-likeness (QED) is 0.569. The molecule has 1 aromatic heterocycles. The summed E-state index contributed by atoms with van der Waals surface area (Å²) in [6, 6.07) is 9.33. The number of aryl methyl sites for hydroxylation is 1. The molecule has 1 N–H and O–H groups in total. The normalized spacial score (nSPS) is 14.1. The highest BCUT2D eigenvalue weighted by atomic mass is 19.4. The van der Waals surface area contributed by atoms with Crippen LogP contribution in [0.2, 0.25) is 0 Å². The van der Waals surface area contributed by atoms with E-state index in [1.54, 1.807) is 47.8 Å². The number of ether oxygens (including phenoxy) is 1. The van der Waals surface area contributed by atoms with E-state index in [4.69, 9.17) is 4.74 Å². The maximum atomic E-state index is 14.1. The summed E-state index contributed by atoms with van der Waals surface area (Å²) < 4.78 is 60.5. The van der Waals surface area contributed by atoms with Gasteiger partial charge in [-0.05, 0) is 36.4 Å². The van der Waals surface area contributed by atoms with Crippen molar-refractivity contribution in [2.45, 2.75) is 6.18 Å². The summed E-state index contributed by atoms with van der Waals surface area (Å²) in [6.45, 7) is 0.525. The number of hydrogen-bond acceptors (Lipinski definition) is 5. The number of nitriles is 1. The molecule has 0 unspecified atom stereocenters. The topological polar surface area (TPSA) is 66.1 Å². The molecule has 6 nitrogen and oxygen atoms in total. The van der Waals surface area contributed by atoms with E-state index >= 15 is 0 Å². The second kappa shape index (κ2) is 7.92. The van der Waals surface area contributed by atoms with Crippen molar-refractivity contribution in [2.24, 2.45) is 7.05 Å². The Hall–Kier alpha value is -4.00. The van der Waals surface area contributed by atoms with Crippen LogP contribution in [0.5, 0.6) is 5.75 Å². The fraction of sp³-hybridized carbons (Fsp3) is 0.182. The molecule has 0 bridgehead atoms. The minimum absolute atomic E-state index is 0.167. The minimum atomic E-state index is -4.59. The largest absolute Gasteiger partial charge is 0.457 e. The zero-order valence-corrected chi connectivity index (χ0v) is 17.0. The lowest BCUT2D eigenvalue weighted by atomic mass is 10.2. The molecular weight excluding hydrogens is 426 g/mol. The highest BCUT2D eigenvalue weighted by molar-refractivity contribution is 5.81. The van der Waals surface area contributed by atoms with E-state index in [0.29, 0.717) is 46.9 Å². The summed E-state index contributed by atoms with van der Waals surface area (Å²) in [5.41, 5.74) is 0.333. The molecule has 10 heteroatoms. The lowest BCUT2D eigenvalue weighted by Crippen LogP contribution is -2.21. The molecule has 0 radical (unpaired) electrons. The zero-order valence-electron chi connectivity index (χ0n) is 17.0. The van der Waals surface area contributed by atoms with Crippen LogP contribution in [0.15, 0.2) is 60.0 Å². The van der Waals surface area contributed by atoms with E-state index in [9.17, 15) is 22.8 Å². The molecule has 0 spiro atoms. The lowest BCUT2D eigenvalue weighted by Gasteiger charge is -2.21. The number of anilines is 2. The van der Waals surface area contributed by atoms with Gasteiger partial charge in [0.1, 0.15) is 29.1 Å². The van der Waals surface area contributed by atoms with Crippen molar-refractivity contribution in [1.29, 1.82) is 5.26 Å². The maximum Gasteiger partial charge on any atom is 0.416 e. The number of hydrogen-bond donors (Lipinski definition) is 1. The third-order valence-electron chi connectivity index (χ3n) is 5.00. The molecule has 2 aromatic carbocycles. The molecule has 0 saturated heterocycles. The molecule has 0 fully saturated rings. The van der Waals surface area contributed by atoms with Crippen molar-refractivity contribution in [3.63, 3.8) is 0 Å². The van der Waals surface area contributed by atoms with Crippen molar-refractivity contribution >= 4 is 22.7 Å². The number of halogens is 4. The van der Waals surface area contributed by atoms with E-state index in [0.717, 1.165) is 6.07 Å². The van der Waals surface area contributed by atoms with Crippen LogP contribution in [0.4, 0.5) is 29.2 Å². The van der Waals surface area contributed by atoms with Crippen molar-refractivity contribution < 1.29 is 22.3 Å². The second-order valence-electron chi connectivity index (χ2n) is 7.19. The first-order chi connectivity index (χ1) is 15.2. The summed E-state index contributed by atoms with van der Waals surface area (Å²) >= 11 is 0. The molecule has 1 aliphatic rings. The third kappa shape index (κ3) is 4.09. The summed E-state index contributed by atoms with van der Waals surface area (Å²) in [7, 11) is 3.45. The molecule has 32 heavy (non-hydrogen) atoms. The molecule has 0 amide bonds. The van der Waals surface area contributed by atoms with E-state index in [2.05, 4.69) is 16.4 Å². The monoisotopic (exact) mass is 443 g/mol. The molecule has 3 aromatic rings. The number of nitrogens with one attached hydrogen (secondary N) is 1. The van der Waals surface area contributed by atoms with Gasteiger partial charge in [0.25, 0.3) is 0 Å². The molecule has 0 atom stereocenters. The molecule has 0 saturated carbocycles. The molecule has 1 aliphatic heterocycles. The Morgan fingerprint density at radius 1 is 1.16 bits per heavy atom. The molecule has 164 valence electrons. The van der Waals surface area contributed by atoms with Gasteiger partial charge in [0, 0.05) is 32.8 Å². The van der Waals surface area contributed by atoms with Crippen molar-refractivity contribution in [3.8, 4) is 11.8 Å². The Labute approximate surface area is 180 Å². The predicted molar refractivity (Wildman–Crippen MR) is 110 cm³/mol. The van der Waals surface area contributed by atoms with Gasteiger partial charge >= 0.3 is 6.18 Å². The van der Waals surface area contributed by atoms with Crippen LogP contribution in [0, 0.1) is 17.1 Å². The molecule has 0 aliphatic carbocycles. The first-order valence-electron chi connectivity index (χ1n) is 9.47. The van der Waals surface area contributed by atoms with Gasteiger partial charge in [-0.2, -0.15) is 18.4 Å². The number of alkyl halides is 3.